The summed E-state index contributed by atoms with van der Waals surface area (Å²) in [6.45, 7) is 8.59. The molecule has 1 fully saturated rings. The number of benzene rings is 1. The molecule has 2 rings (SSSR count). The molecule has 1 amide bonds. The van der Waals surface area contributed by atoms with Crippen molar-refractivity contribution >= 4 is 5.91 Å². The van der Waals surface area contributed by atoms with Crippen LogP contribution in [0.2, 0.25) is 0 Å². The molecule has 4 heteroatoms. The van der Waals surface area contributed by atoms with E-state index in [-0.39, 0.29) is 17.4 Å². The van der Waals surface area contributed by atoms with E-state index in [0.29, 0.717) is 19.6 Å². The summed E-state index contributed by atoms with van der Waals surface area (Å²) in [5, 5.41) is 0. The molecule has 23 heavy (non-hydrogen) atoms. The first-order chi connectivity index (χ1) is 10.9. The van der Waals surface area contributed by atoms with Crippen LogP contribution in [0.4, 0.5) is 0 Å². The average Bonchev–Trinajstić information content (AvgIpc) is 2.99. The number of hydrogen-bond donors (Lipinski definition) is 1. The monoisotopic (exact) mass is 318 g/mol. The van der Waals surface area contributed by atoms with Crippen molar-refractivity contribution in [2.45, 2.75) is 57.9 Å². The van der Waals surface area contributed by atoms with Gasteiger partial charge in [-0.1, -0.05) is 32.9 Å². The highest BCUT2D eigenvalue weighted by Crippen LogP contribution is 2.24. The van der Waals surface area contributed by atoms with E-state index in [0.717, 1.165) is 31.6 Å². The van der Waals surface area contributed by atoms with Gasteiger partial charge in [-0.05, 0) is 42.4 Å². The summed E-state index contributed by atoms with van der Waals surface area (Å²) in [6, 6.07) is 8.47. The van der Waals surface area contributed by atoms with E-state index in [4.69, 9.17) is 10.5 Å². The van der Waals surface area contributed by atoms with Gasteiger partial charge < -0.3 is 15.4 Å². The topological polar surface area (TPSA) is 55.6 Å². The summed E-state index contributed by atoms with van der Waals surface area (Å²) in [5.41, 5.74) is 7.16. The first kappa shape index (κ1) is 17.8. The average molecular weight is 318 g/mol. The van der Waals surface area contributed by atoms with Crippen LogP contribution in [0.3, 0.4) is 0 Å². The van der Waals surface area contributed by atoms with Crippen LogP contribution in [0.15, 0.2) is 24.3 Å². The lowest BCUT2D eigenvalue weighted by Gasteiger charge is -2.23. The molecule has 0 saturated carbocycles. The maximum absolute atomic E-state index is 12.2. The van der Waals surface area contributed by atoms with Crippen molar-refractivity contribution in [1.29, 1.82) is 0 Å². The molecule has 0 spiro atoms. The zero-order valence-electron chi connectivity index (χ0n) is 14.7. The molecule has 4 nitrogen and oxygen atoms in total. The van der Waals surface area contributed by atoms with E-state index < -0.39 is 0 Å². The number of hydrogen-bond acceptors (Lipinski definition) is 3. The Labute approximate surface area is 140 Å². The second kappa shape index (κ2) is 7.82. The van der Waals surface area contributed by atoms with Gasteiger partial charge in [-0.15, -0.1) is 0 Å². The fourth-order valence-corrected chi connectivity index (χ4v) is 3.02. The molecule has 1 atom stereocenters. The van der Waals surface area contributed by atoms with Gasteiger partial charge in [0.25, 0.3) is 0 Å². The minimum Gasteiger partial charge on any atom is -0.494 e. The van der Waals surface area contributed by atoms with Crippen molar-refractivity contribution in [3.8, 4) is 5.75 Å². The minimum absolute atomic E-state index is 0.153. The molecular weight excluding hydrogens is 288 g/mol. The molecule has 0 radical (unpaired) electrons. The van der Waals surface area contributed by atoms with E-state index in [9.17, 15) is 4.79 Å². The summed E-state index contributed by atoms with van der Waals surface area (Å²) in [5.74, 6) is 1.08. The summed E-state index contributed by atoms with van der Waals surface area (Å²) >= 11 is 0. The third kappa shape index (κ3) is 4.96. The van der Waals surface area contributed by atoms with Crippen molar-refractivity contribution in [3.63, 3.8) is 0 Å². The van der Waals surface area contributed by atoms with Crippen LogP contribution < -0.4 is 10.5 Å². The molecule has 1 saturated heterocycles. The fourth-order valence-electron chi connectivity index (χ4n) is 3.02. The molecule has 128 valence electrons. The van der Waals surface area contributed by atoms with E-state index in [1.807, 2.05) is 17.0 Å². The normalized spacial score (nSPS) is 18.3. The second-order valence-electron chi connectivity index (χ2n) is 7.35. The van der Waals surface area contributed by atoms with E-state index in [2.05, 4.69) is 32.9 Å². The number of amides is 1. The van der Waals surface area contributed by atoms with Gasteiger partial charge in [0.05, 0.1) is 6.61 Å². The highest BCUT2D eigenvalue weighted by atomic mass is 16.5. The lowest BCUT2D eigenvalue weighted by molar-refractivity contribution is -0.132. The summed E-state index contributed by atoms with van der Waals surface area (Å²) in [7, 11) is 0. The largest absolute Gasteiger partial charge is 0.494 e. The van der Waals surface area contributed by atoms with Gasteiger partial charge in [-0.2, -0.15) is 0 Å². The van der Waals surface area contributed by atoms with Crippen LogP contribution in [0, 0.1) is 0 Å². The highest BCUT2D eigenvalue weighted by Gasteiger charge is 2.26. The minimum atomic E-state index is 0.153. The predicted molar refractivity (Wildman–Crippen MR) is 93.7 cm³/mol. The maximum Gasteiger partial charge on any atom is 0.222 e. The molecule has 2 N–H and O–H groups in total. The number of nitrogens with zero attached hydrogens (tertiary/aromatic N) is 1. The van der Waals surface area contributed by atoms with Gasteiger partial charge in [-0.25, -0.2) is 0 Å². The summed E-state index contributed by atoms with van der Waals surface area (Å²) in [6.07, 6.45) is 3.40. The Morgan fingerprint density at radius 1 is 1.30 bits per heavy atom. The Balaban J connectivity index is 1.72. The summed E-state index contributed by atoms with van der Waals surface area (Å²) in [4.78, 5) is 14.1. The van der Waals surface area contributed by atoms with Crippen molar-refractivity contribution in [1.82, 2.24) is 4.90 Å². The van der Waals surface area contributed by atoms with Crippen molar-refractivity contribution in [2.24, 2.45) is 5.73 Å². The molecule has 1 unspecified atom stereocenters. The summed E-state index contributed by atoms with van der Waals surface area (Å²) < 4.78 is 5.74. The molecule has 0 aromatic heterocycles. The lowest BCUT2D eigenvalue weighted by atomic mass is 9.87. The quantitative estimate of drug-likeness (QED) is 0.820. The zero-order valence-corrected chi connectivity index (χ0v) is 14.7. The molecule has 1 aromatic carbocycles. The van der Waals surface area contributed by atoms with Crippen LogP contribution in [-0.2, 0) is 10.2 Å². The number of ether oxygens (including phenoxy) is 1. The third-order valence-electron chi connectivity index (χ3n) is 4.49. The zero-order chi connectivity index (χ0) is 16.9. The van der Waals surface area contributed by atoms with Gasteiger partial charge in [-0.3, -0.25) is 4.79 Å². The number of nitrogens with two attached hydrogens (primary N) is 1. The van der Waals surface area contributed by atoms with Crippen LogP contribution in [0.25, 0.3) is 0 Å². The molecule has 1 aliphatic rings. The fraction of sp³-hybridized carbons (Fsp3) is 0.632. The van der Waals surface area contributed by atoms with Crippen LogP contribution in [-0.4, -0.2) is 36.5 Å². The van der Waals surface area contributed by atoms with Crippen LogP contribution in [0.5, 0.6) is 5.75 Å². The third-order valence-corrected chi connectivity index (χ3v) is 4.49. The number of likely N-dealkylation sites (tertiary alicyclic amines) is 1. The molecule has 1 aromatic rings. The molecule has 0 aliphatic carbocycles. The van der Waals surface area contributed by atoms with Crippen molar-refractivity contribution < 1.29 is 9.53 Å². The Morgan fingerprint density at radius 3 is 2.61 bits per heavy atom. The van der Waals surface area contributed by atoms with Gasteiger partial charge in [0, 0.05) is 25.6 Å². The Bertz CT molecular complexity index is 505. The van der Waals surface area contributed by atoms with Crippen molar-refractivity contribution in [2.75, 3.05) is 19.7 Å². The second-order valence-corrected chi connectivity index (χ2v) is 7.35. The van der Waals surface area contributed by atoms with Gasteiger partial charge in [0.2, 0.25) is 5.91 Å². The number of carbonyl (C=O) groups excluding carboxylic acids is 1. The number of rotatable bonds is 6. The first-order valence-corrected chi connectivity index (χ1v) is 8.64. The standard InChI is InChI=1S/C19H30N2O2/c1-19(2,3)15-8-10-17(11-9-15)23-13-5-7-18(22)21-12-4-6-16(21)14-20/h8-11,16H,4-7,12-14,20H2,1-3H3. The smallest absolute Gasteiger partial charge is 0.222 e. The van der Waals surface area contributed by atoms with Crippen LogP contribution >= 0.6 is 0 Å². The van der Waals surface area contributed by atoms with Crippen molar-refractivity contribution in [3.05, 3.63) is 29.8 Å². The number of carbonyl (C=O) groups is 1. The highest BCUT2D eigenvalue weighted by molar-refractivity contribution is 5.76. The predicted octanol–water partition coefficient (Wildman–Crippen LogP) is 3.09. The lowest BCUT2D eigenvalue weighted by Crippen LogP contribution is -2.39. The van der Waals surface area contributed by atoms with Crippen LogP contribution in [0.1, 0.15) is 52.0 Å². The van der Waals surface area contributed by atoms with E-state index in [1.54, 1.807) is 0 Å². The van der Waals surface area contributed by atoms with Gasteiger partial charge >= 0.3 is 0 Å². The maximum atomic E-state index is 12.2. The Hall–Kier alpha value is -1.55. The van der Waals surface area contributed by atoms with E-state index >= 15 is 0 Å². The van der Waals surface area contributed by atoms with E-state index in [1.165, 1.54) is 5.56 Å². The Kier molecular flexibility index (Phi) is 6.05. The molecular formula is C19H30N2O2. The first-order valence-electron chi connectivity index (χ1n) is 8.64. The molecule has 1 heterocycles. The van der Waals surface area contributed by atoms with Gasteiger partial charge in [0.1, 0.15) is 5.75 Å². The Morgan fingerprint density at radius 2 is 2.00 bits per heavy atom. The molecule has 1 aliphatic heterocycles. The SMILES string of the molecule is CC(C)(C)c1ccc(OCCCC(=O)N2CCCC2CN)cc1. The molecule has 0 bridgehead atoms. The van der Waals surface area contributed by atoms with Gasteiger partial charge in [0.15, 0.2) is 0 Å².